The molecule has 2 saturated heterocycles. The zero-order valence-electron chi connectivity index (χ0n) is 10.6. The zero-order chi connectivity index (χ0) is 12.9. The van der Waals surface area contributed by atoms with Crippen LogP contribution in [0.3, 0.4) is 0 Å². The molecule has 0 spiro atoms. The average molecular weight is 360 g/mol. The summed E-state index contributed by atoms with van der Waals surface area (Å²) in [4.78, 5) is 11.6. The van der Waals surface area contributed by atoms with E-state index in [1.807, 2.05) is 6.92 Å². The van der Waals surface area contributed by atoms with Gasteiger partial charge in [0, 0.05) is 28.3 Å². The summed E-state index contributed by atoms with van der Waals surface area (Å²) in [6.45, 7) is 4.95. The minimum atomic E-state index is -0.104. The lowest BCUT2D eigenvalue weighted by atomic mass is 9.75. The first kappa shape index (κ1) is 12.5. The van der Waals surface area contributed by atoms with E-state index in [0.29, 0.717) is 24.2 Å². The van der Waals surface area contributed by atoms with Gasteiger partial charge in [-0.3, -0.25) is 4.79 Å². The van der Waals surface area contributed by atoms with Gasteiger partial charge in [0.2, 0.25) is 0 Å². The number of alkyl halides is 1. The highest BCUT2D eigenvalue weighted by atomic mass is 127. The zero-order valence-corrected chi connectivity index (χ0v) is 12.8. The maximum absolute atomic E-state index is 11.6. The molecule has 0 aromatic rings. The Hall–Kier alpha value is -0.520. The molecular weight excluding hydrogens is 343 g/mol. The molecule has 4 unspecified atom stereocenters. The first-order valence-electron chi connectivity index (χ1n) is 6.43. The number of ether oxygens (including phenoxy) is 2. The van der Waals surface area contributed by atoms with E-state index in [-0.39, 0.29) is 12.1 Å². The maximum Gasteiger partial charge on any atom is 0.306 e. The lowest BCUT2D eigenvalue weighted by Crippen LogP contribution is -2.40. The predicted octanol–water partition coefficient (Wildman–Crippen LogP) is 2.85. The molecular formula is C14H17IO3. The molecule has 0 radical (unpaired) electrons. The van der Waals surface area contributed by atoms with Gasteiger partial charge in [-0.25, -0.2) is 0 Å². The highest BCUT2D eigenvalue weighted by molar-refractivity contribution is 14.1. The summed E-state index contributed by atoms with van der Waals surface area (Å²) in [5, 5.41) is 0. The normalized spacial score (nSPS) is 38.6. The summed E-state index contributed by atoms with van der Waals surface area (Å²) in [5.41, 5.74) is 2.44. The molecule has 2 heterocycles. The van der Waals surface area contributed by atoms with Crippen molar-refractivity contribution in [1.29, 1.82) is 0 Å². The summed E-state index contributed by atoms with van der Waals surface area (Å²) >= 11 is 2.41. The van der Waals surface area contributed by atoms with E-state index in [1.165, 1.54) is 5.57 Å². The number of halogens is 1. The maximum atomic E-state index is 11.6. The molecule has 0 amide bonds. The standard InChI is InChI=1S/C14H17IO3/c1-7-3-12(16)18-14-8(2)13-11(4-10(7)14)9(5-15)6-17-13/h4,7,9-10,14H,3,5-6H2,1-2H3. The minimum Gasteiger partial charge on any atom is -0.493 e. The van der Waals surface area contributed by atoms with Gasteiger partial charge in [0.1, 0.15) is 11.9 Å². The fourth-order valence-corrected chi connectivity index (χ4v) is 3.88. The van der Waals surface area contributed by atoms with Gasteiger partial charge >= 0.3 is 5.97 Å². The predicted molar refractivity (Wildman–Crippen MR) is 76.3 cm³/mol. The van der Waals surface area contributed by atoms with Crippen molar-refractivity contribution in [3.63, 3.8) is 0 Å². The Kier molecular flexibility index (Phi) is 3.16. The van der Waals surface area contributed by atoms with Gasteiger partial charge in [-0.1, -0.05) is 35.6 Å². The second kappa shape index (κ2) is 4.54. The van der Waals surface area contributed by atoms with Gasteiger partial charge in [0.25, 0.3) is 0 Å². The molecule has 0 N–H and O–H groups in total. The van der Waals surface area contributed by atoms with Crippen LogP contribution in [0.15, 0.2) is 23.0 Å². The summed E-state index contributed by atoms with van der Waals surface area (Å²) in [6.07, 6.45) is 2.73. The highest BCUT2D eigenvalue weighted by Crippen LogP contribution is 2.44. The molecule has 0 saturated carbocycles. The molecule has 0 aromatic heterocycles. The van der Waals surface area contributed by atoms with E-state index >= 15 is 0 Å². The Morgan fingerprint density at radius 1 is 1.50 bits per heavy atom. The summed E-state index contributed by atoms with van der Waals surface area (Å²) in [5.74, 6) is 2.09. The highest BCUT2D eigenvalue weighted by Gasteiger charge is 2.43. The average Bonchev–Trinajstić information content (AvgIpc) is 2.74. The van der Waals surface area contributed by atoms with Crippen molar-refractivity contribution in [1.82, 2.24) is 0 Å². The van der Waals surface area contributed by atoms with Crippen molar-refractivity contribution in [2.45, 2.75) is 26.4 Å². The van der Waals surface area contributed by atoms with E-state index in [2.05, 4.69) is 35.6 Å². The second-order valence-electron chi connectivity index (χ2n) is 5.47. The number of carbonyl (C=O) groups excluding carboxylic acids is 1. The van der Waals surface area contributed by atoms with Gasteiger partial charge in [-0.2, -0.15) is 0 Å². The number of hydrogen-bond acceptors (Lipinski definition) is 3. The van der Waals surface area contributed by atoms with Crippen molar-refractivity contribution in [3.05, 3.63) is 23.0 Å². The Bertz CT molecular complexity index is 452. The molecule has 4 atom stereocenters. The Morgan fingerprint density at radius 2 is 2.28 bits per heavy atom. The topological polar surface area (TPSA) is 35.5 Å². The molecule has 0 aromatic carbocycles. The van der Waals surface area contributed by atoms with Crippen molar-refractivity contribution >= 4 is 28.6 Å². The van der Waals surface area contributed by atoms with Crippen LogP contribution >= 0.6 is 22.6 Å². The van der Waals surface area contributed by atoms with Crippen LogP contribution < -0.4 is 0 Å². The van der Waals surface area contributed by atoms with Crippen molar-refractivity contribution in [2.24, 2.45) is 17.8 Å². The van der Waals surface area contributed by atoms with Gasteiger partial charge in [-0.05, 0) is 18.4 Å². The van der Waals surface area contributed by atoms with E-state index in [9.17, 15) is 4.79 Å². The third-order valence-electron chi connectivity index (χ3n) is 4.23. The van der Waals surface area contributed by atoms with Gasteiger partial charge in [0.15, 0.2) is 0 Å². The number of fused-ring (bicyclic) bond motifs is 2. The summed E-state index contributed by atoms with van der Waals surface area (Å²) in [7, 11) is 0. The number of esters is 1. The Labute approximate surface area is 121 Å². The molecule has 0 bridgehead atoms. The van der Waals surface area contributed by atoms with Crippen LogP contribution in [0.25, 0.3) is 0 Å². The number of hydrogen-bond donors (Lipinski definition) is 0. The monoisotopic (exact) mass is 360 g/mol. The van der Waals surface area contributed by atoms with Crippen LogP contribution in [0.5, 0.6) is 0 Å². The molecule has 2 aliphatic heterocycles. The second-order valence-corrected chi connectivity index (χ2v) is 6.35. The van der Waals surface area contributed by atoms with E-state index in [4.69, 9.17) is 9.47 Å². The Balaban J connectivity index is 2.00. The first-order chi connectivity index (χ1) is 8.61. The van der Waals surface area contributed by atoms with Crippen LogP contribution in [0.1, 0.15) is 20.3 Å². The Morgan fingerprint density at radius 3 is 3.00 bits per heavy atom. The van der Waals surface area contributed by atoms with E-state index in [0.717, 1.165) is 22.4 Å². The number of carbonyl (C=O) groups is 1. The van der Waals surface area contributed by atoms with Crippen molar-refractivity contribution < 1.29 is 14.3 Å². The van der Waals surface area contributed by atoms with Gasteiger partial charge < -0.3 is 9.47 Å². The van der Waals surface area contributed by atoms with Crippen LogP contribution in [0.4, 0.5) is 0 Å². The van der Waals surface area contributed by atoms with E-state index < -0.39 is 0 Å². The van der Waals surface area contributed by atoms with Crippen LogP contribution in [0, 0.1) is 17.8 Å². The third kappa shape index (κ3) is 1.80. The first-order valence-corrected chi connectivity index (χ1v) is 7.95. The minimum absolute atomic E-state index is 0.0796. The lowest BCUT2D eigenvalue weighted by Gasteiger charge is -2.38. The lowest BCUT2D eigenvalue weighted by molar-refractivity contribution is -0.157. The summed E-state index contributed by atoms with van der Waals surface area (Å²) in [6, 6.07) is 0. The molecule has 1 aliphatic carbocycles. The van der Waals surface area contributed by atoms with Gasteiger partial charge in [0.05, 0.1) is 6.61 Å². The molecule has 98 valence electrons. The largest absolute Gasteiger partial charge is 0.493 e. The van der Waals surface area contributed by atoms with Crippen LogP contribution in [-0.2, 0) is 14.3 Å². The molecule has 3 nitrogen and oxygen atoms in total. The molecule has 3 aliphatic rings. The quantitative estimate of drug-likeness (QED) is 0.410. The third-order valence-corrected chi connectivity index (χ3v) is 5.29. The van der Waals surface area contributed by atoms with Crippen molar-refractivity contribution in [2.75, 3.05) is 11.0 Å². The molecule has 4 heteroatoms. The molecule has 2 fully saturated rings. The number of rotatable bonds is 1. The van der Waals surface area contributed by atoms with Crippen LogP contribution in [0.2, 0.25) is 0 Å². The SMILES string of the molecule is CC1=C2OCC(CI)C2=CC2C(C)CC(=O)OC12. The number of allylic oxidation sites excluding steroid dienone is 1. The fourth-order valence-electron chi connectivity index (χ4n) is 3.15. The summed E-state index contributed by atoms with van der Waals surface area (Å²) < 4.78 is 12.4. The molecule has 3 rings (SSSR count). The fraction of sp³-hybridized carbons (Fsp3) is 0.643. The van der Waals surface area contributed by atoms with Crippen LogP contribution in [-0.4, -0.2) is 23.1 Å². The van der Waals surface area contributed by atoms with Gasteiger partial charge in [-0.15, -0.1) is 0 Å². The van der Waals surface area contributed by atoms with E-state index in [1.54, 1.807) is 0 Å². The van der Waals surface area contributed by atoms with Crippen molar-refractivity contribution in [3.8, 4) is 0 Å². The molecule has 18 heavy (non-hydrogen) atoms. The smallest absolute Gasteiger partial charge is 0.306 e.